The van der Waals surface area contributed by atoms with E-state index in [4.69, 9.17) is 0 Å². The van der Waals surface area contributed by atoms with Gasteiger partial charge in [-0.25, -0.2) is 0 Å². The summed E-state index contributed by atoms with van der Waals surface area (Å²) in [5, 5.41) is 3.31. The summed E-state index contributed by atoms with van der Waals surface area (Å²) in [5.74, 6) is 1.82. The molecule has 1 heteroatoms. The van der Waals surface area contributed by atoms with Crippen molar-refractivity contribution in [3.8, 4) is 0 Å². The highest BCUT2D eigenvalue weighted by molar-refractivity contribution is 5.30. The van der Waals surface area contributed by atoms with E-state index in [0.29, 0.717) is 0 Å². The lowest BCUT2D eigenvalue weighted by atomic mass is 9.70. The van der Waals surface area contributed by atoms with Crippen LogP contribution in [0.3, 0.4) is 0 Å². The normalized spacial score (nSPS) is 24.2. The number of hydrogen-bond acceptors (Lipinski definition) is 1. The predicted octanol–water partition coefficient (Wildman–Crippen LogP) is 3.09. The molecule has 0 radical (unpaired) electrons. The molecule has 0 aromatic heterocycles. The molecule has 0 amide bonds. The minimum atomic E-state index is 0.909. The van der Waals surface area contributed by atoms with Crippen molar-refractivity contribution in [2.45, 2.75) is 33.1 Å². The molecule has 2 atom stereocenters. The zero-order valence-corrected chi connectivity index (χ0v) is 10.7. The Morgan fingerprint density at radius 2 is 1.88 bits per heavy atom. The van der Waals surface area contributed by atoms with Crippen LogP contribution in [0.5, 0.6) is 0 Å². The van der Waals surface area contributed by atoms with Gasteiger partial charge in [0.05, 0.1) is 0 Å². The van der Waals surface area contributed by atoms with Crippen molar-refractivity contribution in [2.24, 2.45) is 11.8 Å². The lowest BCUT2D eigenvalue weighted by Crippen LogP contribution is -2.35. The Balaban J connectivity index is 1.96. The minimum Gasteiger partial charge on any atom is -0.319 e. The van der Waals surface area contributed by atoms with Crippen molar-refractivity contribution in [3.63, 3.8) is 0 Å². The first-order chi connectivity index (χ1) is 7.70. The molecule has 1 aliphatic rings. The number of rotatable bonds is 4. The first-order valence-electron chi connectivity index (χ1n) is 6.41. The van der Waals surface area contributed by atoms with E-state index in [1.165, 1.54) is 42.5 Å². The van der Waals surface area contributed by atoms with Gasteiger partial charge in [0.25, 0.3) is 0 Å². The smallest absolute Gasteiger partial charge is 0.00208 e. The Labute approximate surface area is 99.3 Å². The summed E-state index contributed by atoms with van der Waals surface area (Å²) in [4.78, 5) is 0. The van der Waals surface area contributed by atoms with Gasteiger partial charge >= 0.3 is 0 Å². The van der Waals surface area contributed by atoms with Crippen LogP contribution in [0, 0.1) is 25.7 Å². The molecule has 16 heavy (non-hydrogen) atoms. The van der Waals surface area contributed by atoms with E-state index in [-0.39, 0.29) is 0 Å². The molecule has 1 nitrogen and oxygen atoms in total. The second-order valence-corrected chi connectivity index (χ2v) is 5.28. The molecule has 1 saturated carbocycles. The van der Waals surface area contributed by atoms with Gasteiger partial charge in [0.15, 0.2) is 0 Å². The van der Waals surface area contributed by atoms with E-state index in [2.05, 4.69) is 44.4 Å². The monoisotopic (exact) mass is 217 g/mol. The first kappa shape index (κ1) is 11.7. The molecule has 0 bridgehead atoms. The zero-order chi connectivity index (χ0) is 11.5. The SMILES string of the molecule is CNCC1CCC1Cc1ccc(C)c(C)c1. The number of aryl methyl sites for hydroxylation is 2. The maximum atomic E-state index is 3.31. The summed E-state index contributed by atoms with van der Waals surface area (Å²) in [7, 11) is 2.06. The largest absolute Gasteiger partial charge is 0.319 e. The lowest BCUT2D eigenvalue weighted by Gasteiger charge is -2.37. The maximum absolute atomic E-state index is 3.31. The second-order valence-electron chi connectivity index (χ2n) is 5.28. The van der Waals surface area contributed by atoms with Crippen molar-refractivity contribution in [3.05, 3.63) is 34.9 Å². The summed E-state index contributed by atoms with van der Waals surface area (Å²) in [5.41, 5.74) is 4.36. The van der Waals surface area contributed by atoms with E-state index < -0.39 is 0 Å². The Hall–Kier alpha value is -0.820. The van der Waals surface area contributed by atoms with Crippen LogP contribution in [0.15, 0.2) is 18.2 Å². The zero-order valence-electron chi connectivity index (χ0n) is 10.7. The van der Waals surface area contributed by atoms with Crippen molar-refractivity contribution < 1.29 is 0 Å². The minimum absolute atomic E-state index is 0.909. The standard InChI is InChI=1S/C15H23N/c1-11-4-5-13(8-12(11)2)9-14-6-7-15(14)10-16-3/h4-5,8,14-16H,6-7,9-10H2,1-3H3. The van der Waals surface area contributed by atoms with E-state index in [1.54, 1.807) is 0 Å². The van der Waals surface area contributed by atoms with Crippen molar-refractivity contribution in [1.29, 1.82) is 0 Å². The molecule has 0 saturated heterocycles. The molecule has 1 aromatic carbocycles. The molecule has 0 aliphatic heterocycles. The van der Waals surface area contributed by atoms with E-state index in [0.717, 1.165) is 11.8 Å². The van der Waals surface area contributed by atoms with Crippen LogP contribution in [0.4, 0.5) is 0 Å². The molecule has 2 unspecified atom stereocenters. The van der Waals surface area contributed by atoms with Crippen LogP contribution in [-0.2, 0) is 6.42 Å². The number of nitrogens with one attached hydrogen (secondary N) is 1. The molecule has 1 aromatic rings. The number of benzene rings is 1. The molecule has 88 valence electrons. The fraction of sp³-hybridized carbons (Fsp3) is 0.600. The van der Waals surface area contributed by atoms with Crippen LogP contribution in [0.1, 0.15) is 29.5 Å². The van der Waals surface area contributed by atoms with Gasteiger partial charge in [-0.15, -0.1) is 0 Å². The summed E-state index contributed by atoms with van der Waals surface area (Å²) in [6.07, 6.45) is 4.10. The predicted molar refractivity (Wildman–Crippen MR) is 69.8 cm³/mol. The Bertz CT molecular complexity index is 356. The molecular formula is C15H23N. The van der Waals surface area contributed by atoms with Crippen LogP contribution in [0.2, 0.25) is 0 Å². The van der Waals surface area contributed by atoms with Crippen LogP contribution >= 0.6 is 0 Å². The van der Waals surface area contributed by atoms with E-state index in [9.17, 15) is 0 Å². The van der Waals surface area contributed by atoms with Gasteiger partial charge in [0.2, 0.25) is 0 Å². The third kappa shape index (κ3) is 2.46. The molecule has 2 rings (SSSR count). The van der Waals surface area contributed by atoms with E-state index >= 15 is 0 Å². The van der Waals surface area contributed by atoms with Gasteiger partial charge in [0.1, 0.15) is 0 Å². The average Bonchev–Trinajstić information content (AvgIpc) is 2.26. The van der Waals surface area contributed by atoms with Crippen molar-refractivity contribution in [1.82, 2.24) is 5.32 Å². The lowest BCUT2D eigenvalue weighted by molar-refractivity contribution is 0.174. The van der Waals surface area contributed by atoms with Crippen molar-refractivity contribution in [2.75, 3.05) is 13.6 Å². The summed E-state index contributed by atoms with van der Waals surface area (Å²) in [6.45, 7) is 5.59. The highest BCUT2D eigenvalue weighted by atomic mass is 14.8. The Kier molecular flexibility index (Phi) is 3.65. The van der Waals surface area contributed by atoms with Crippen molar-refractivity contribution >= 4 is 0 Å². The van der Waals surface area contributed by atoms with Gasteiger partial charge in [-0.3, -0.25) is 0 Å². The molecular weight excluding hydrogens is 194 g/mol. The highest BCUT2D eigenvalue weighted by Crippen LogP contribution is 2.36. The fourth-order valence-corrected chi connectivity index (χ4v) is 2.67. The first-order valence-corrected chi connectivity index (χ1v) is 6.41. The topological polar surface area (TPSA) is 12.0 Å². The van der Waals surface area contributed by atoms with Gasteiger partial charge in [-0.2, -0.15) is 0 Å². The molecule has 1 aliphatic carbocycles. The highest BCUT2D eigenvalue weighted by Gasteiger charge is 2.29. The fourth-order valence-electron chi connectivity index (χ4n) is 2.67. The van der Waals surface area contributed by atoms with Gasteiger partial charge < -0.3 is 5.32 Å². The number of hydrogen-bond donors (Lipinski definition) is 1. The third-order valence-electron chi connectivity index (χ3n) is 4.11. The van der Waals surface area contributed by atoms with Gasteiger partial charge in [-0.1, -0.05) is 18.2 Å². The Morgan fingerprint density at radius 1 is 1.12 bits per heavy atom. The quantitative estimate of drug-likeness (QED) is 0.817. The van der Waals surface area contributed by atoms with Crippen LogP contribution in [0.25, 0.3) is 0 Å². The van der Waals surface area contributed by atoms with Gasteiger partial charge in [0, 0.05) is 0 Å². The van der Waals surface area contributed by atoms with Gasteiger partial charge in [-0.05, 0) is 75.2 Å². The molecule has 1 N–H and O–H groups in total. The second kappa shape index (κ2) is 5.01. The summed E-state index contributed by atoms with van der Waals surface area (Å²) < 4.78 is 0. The molecule has 1 fully saturated rings. The maximum Gasteiger partial charge on any atom is -0.00208 e. The van der Waals surface area contributed by atoms with E-state index in [1.807, 2.05) is 0 Å². The molecule has 0 heterocycles. The summed E-state index contributed by atoms with van der Waals surface area (Å²) >= 11 is 0. The third-order valence-corrected chi connectivity index (χ3v) is 4.11. The van der Waals surface area contributed by atoms with Crippen LogP contribution in [-0.4, -0.2) is 13.6 Å². The molecule has 0 spiro atoms. The Morgan fingerprint density at radius 3 is 2.44 bits per heavy atom. The average molecular weight is 217 g/mol. The summed E-state index contributed by atoms with van der Waals surface area (Å²) in [6, 6.07) is 6.93. The van der Waals surface area contributed by atoms with Crippen LogP contribution < -0.4 is 5.32 Å².